The summed E-state index contributed by atoms with van der Waals surface area (Å²) < 4.78 is 27.5. The molecule has 0 saturated heterocycles. The first-order chi connectivity index (χ1) is 8.04. The summed E-state index contributed by atoms with van der Waals surface area (Å²) in [7, 11) is 1.67. The molecule has 17 heavy (non-hydrogen) atoms. The number of halogens is 2. The summed E-state index contributed by atoms with van der Waals surface area (Å²) in [6.07, 6.45) is 1.62. The van der Waals surface area contributed by atoms with Gasteiger partial charge in [-0.2, -0.15) is 5.26 Å². The molecule has 0 spiro atoms. The van der Waals surface area contributed by atoms with E-state index < -0.39 is 11.6 Å². The van der Waals surface area contributed by atoms with E-state index in [4.69, 9.17) is 5.26 Å². The van der Waals surface area contributed by atoms with Crippen LogP contribution in [0.3, 0.4) is 0 Å². The lowest BCUT2D eigenvalue weighted by molar-refractivity contribution is 0.536. The van der Waals surface area contributed by atoms with Crippen molar-refractivity contribution in [3.8, 4) is 6.07 Å². The van der Waals surface area contributed by atoms with Crippen LogP contribution < -0.4 is 4.90 Å². The predicted octanol–water partition coefficient (Wildman–Crippen LogP) is 3.46. The van der Waals surface area contributed by atoms with Crippen LogP contribution in [0.15, 0.2) is 12.1 Å². The van der Waals surface area contributed by atoms with Crippen LogP contribution in [0.25, 0.3) is 0 Å². The van der Waals surface area contributed by atoms with Crippen LogP contribution in [0.4, 0.5) is 14.5 Å². The van der Waals surface area contributed by atoms with Crippen LogP contribution in [-0.2, 0) is 0 Å². The van der Waals surface area contributed by atoms with Gasteiger partial charge in [-0.15, -0.1) is 0 Å². The maximum Gasteiger partial charge on any atom is 0.150 e. The molecule has 1 rings (SSSR count). The van der Waals surface area contributed by atoms with Crippen LogP contribution in [0.5, 0.6) is 0 Å². The Kier molecular flexibility index (Phi) is 4.45. The fourth-order valence-corrected chi connectivity index (χ4v) is 1.99. The van der Waals surface area contributed by atoms with Gasteiger partial charge in [0.1, 0.15) is 5.69 Å². The molecule has 0 aliphatic rings. The minimum absolute atomic E-state index is 0.00157. The maximum atomic E-state index is 13.7. The van der Waals surface area contributed by atoms with Crippen LogP contribution >= 0.6 is 0 Å². The standard InChI is InChI=1S/C13H16F2N2/c1-4-10(5-2)17(3)13-11(14)6-9(8-16)7-12(13)15/h6-7,10H,4-5H2,1-3H3. The third-order valence-corrected chi connectivity index (χ3v) is 2.99. The first-order valence-corrected chi connectivity index (χ1v) is 5.67. The Bertz CT molecular complexity index is 411. The second-order valence-corrected chi connectivity index (χ2v) is 3.98. The number of nitrogens with zero attached hydrogens (tertiary/aromatic N) is 2. The van der Waals surface area contributed by atoms with E-state index in [1.165, 1.54) is 0 Å². The van der Waals surface area contributed by atoms with Gasteiger partial charge < -0.3 is 4.90 Å². The van der Waals surface area contributed by atoms with Gasteiger partial charge in [0, 0.05) is 13.1 Å². The SMILES string of the molecule is CCC(CC)N(C)c1c(F)cc(C#N)cc1F. The number of hydrogen-bond donors (Lipinski definition) is 0. The first kappa shape index (κ1) is 13.4. The largest absolute Gasteiger partial charge is 0.367 e. The van der Waals surface area contributed by atoms with E-state index in [2.05, 4.69) is 0 Å². The van der Waals surface area contributed by atoms with Crippen molar-refractivity contribution in [2.75, 3.05) is 11.9 Å². The molecule has 0 saturated carbocycles. The molecular weight excluding hydrogens is 222 g/mol. The first-order valence-electron chi connectivity index (χ1n) is 5.67. The van der Waals surface area contributed by atoms with Crippen molar-refractivity contribution < 1.29 is 8.78 Å². The number of benzene rings is 1. The van der Waals surface area contributed by atoms with Crippen molar-refractivity contribution >= 4 is 5.69 Å². The van der Waals surface area contributed by atoms with E-state index in [1.807, 2.05) is 13.8 Å². The van der Waals surface area contributed by atoms with Gasteiger partial charge in [-0.05, 0) is 25.0 Å². The Balaban J connectivity index is 3.19. The van der Waals surface area contributed by atoms with E-state index in [9.17, 15) is 8.78 Å². The highest BCUT2D eigenvalue weighted by Gasteiger charge is 2.19. The van der Waals surface area contributed by atoms with E-state index in [-0.39, 0.29) is 17.3 Å². The van der Waals surface area contributed by atoms with Crippen molar-refractivity contribution in [3.05, 3.63) is 29.3 Å². The summed E-state index contributed by atoms with van der Waals surface area (Å²) in [6, 6.07) is 3.96. The summed E-state index contributed by atoms with van der Waals surface area (Å²) in [5, 5.41) is 8.62. The van der Waals surface area contributed by atoms with Crippen molar-refractivity contribution in [2.45, 2.75) is 32.7 Å². The summed E-state index contributed by atoms with van der Waals surface area (Å²) in [5.74, 6) is -1.37. The topological polar surface area (TPSA) is 27.0 Å². The third kappa shape index (κ3) is 2.73. The highest BCUT2D eigenvalue weighted by molar-refractivity contribution is 5.52. The minimum atomic E-state index is -0.684. The molecule has 2 nitrogen and oxygen atoms in total. The van der Waals surface area contributed by atoms with Crippen LogP contribution in [0.2, 0.25) is 0 Å². The van der Waals surface area contributed by atoms with Gasteiger partial charge in [0.05, 0.1) is 11.6 Å². The van der Waals surface area contributed by atoms with Crippen LogP contribution in [-0.4, -0.2) is 13.1 Å². The van der Waals surface area contributed by atoms with E-state index in [1.54, 1.807) is 18.0 Å². The molecule has 0 aliphatic heterocycles. The molecule has 0 aliphatic carbocycles. The van der Waals surface area contributed by atoms with Gasteiger partial charge in [-0.3, -0.25) is 0 Å². The average molecular weight is 238 g/mol. The van der Waals surface area contributed by atoms with E-state index >= 15 is 0 Å². The zero-order valence-corrected chi connectivity index (χ0v) is 10.3. The normalized spacial score (nSPS) is 10.4. The Morgan fingerprint density at radius 1 is 1.24 bits per heavy atom. The molecule has 0 fully saturated rings. The smallest absolute Gasteiger partial charge is 0.150 e. The Labute approximate surface area is 100 Å². The summed E-state index contributed by atoms with van der Waals surface area (Å²) in [5.41, 5.74) is -0.0561. The fourth-order valence-electron chi connectivity index (χ4n) is 1.99. The van der Waals surface area contributed by atoms with Crippen molar-refractivity contribution in [3.63, 3.8) is 0 Å². The second kappa shape index (κ2) is 5.62. The fraction of sp³-hybridized carbons (Fsp3) is 0.462. The molecule has 4 heteroatoms. The molecule has 1 aromatic rings. The number of nitriles is 1. The molecule has 0 heterocycles. The highest BCUT2D eigenvalue weighted by Crippen LogP contribution is 2.26. The molecule has 0 radical (unpaired) electrons. The van der Waals surface area contributed by atoms with Gasteiger partial charge in [0.2, 0.25) is 0 Å². The molecule has 92 valence electrons. The molecule has 0 unspecified atom stereocenters. The molecular formula is C13H16F2N2. The van der Waals surface area contributed by atoms with E-state index in [0.29, 0.717) is 0 Å². The lowest BCUT2D eigenvalue weighted by Crippen LogP contribution is -2.31. The monoisotopic (exact) mass is 238 g/mol. The maximum absolute atomic E-state index is 13.7. The lowest BCUT2D eigenvalue weighted by Gasteiger charge is -2.29. The summed E-state index contributed by atoms with van der Waals surface area (Å²) >= 11 is 0. The number of rotatable bonds is 4. The zero-order valence-electron chi connectivity index (χ0n) is 10.3. The average Bonchev–Trinajstić information content (AvgIpc) is 2.29. The molecule has 0 amide bonds. The summed E-state index contributed by atoms with van der Waals surface area (Å²) in [6.45, 7) is 3.95. The Morgan fingerprint density at radius 3 is 2.06 bits per heavy atom. The zero-order chi connectivity index (χ0) is 13.0. The minimum Gasteiger partial charge on any atom is -0.367 e. The molecule has 0 bridgehead atoms. The number of anilines is 1. The lowest BCUT2D eigenvalue weighted by atomic mass is 10.1. The second-order valence-electron chi connectivity index (χ2n) is 3.98. The van der Waals surface area contributed by atoms with E-state index in [0.717, 1.165) is 25.0 Å². The quantitative estimate of drug-likeness (QED) is 0.803. The Morgan fingerprint density at radius 2 is 1.71 bits per heavy atom. The van der Waals surface area contributed by atoms with Crippen molar-refractivity contribution in [2.24, 2.45) is 0 Å². The van der Waals surface area contributed by atoms with Gasteiger partial charge in [0.25, 0.3) is 0 Å². The van der Waals surface area contributed by atoms with Crippen LogP contribution in [0.1, 0.15) is 32.3 Å². The van der Waals surface area contributed by atoms with Gasteiger partial charge >= 0.3 is 0 Å². The third-order valence-electron chi connectivity index (χ3n) is 2.99. The van der Waals surface area contributed by atoms with Crippen molar-refractivity contribution in [1.82, 2.24) is 0 Å². The van der Waals surface area contributed by atoms with Crippen LogP contribution in [0, 0.1) is 23.0 Å². The van der Waals surface area contributed by atoms with Crippen molar-refractivity contribution in [1.29, 1.82) is 5.26 Å². The highest BCUT2D eigenvalue weighted by atomic mass is 19.1. The Hall–Kier alpha value is -1.63. The number of hydrogen-bond acceptors (Lipinski definition) is 2. The molecule has 1 aromatic carbocycles. The van der Waals surface area contributed by atoms with Gasteiger partial charge in [0.15, 0.2) is 11.6 Å². The molecule has 0 N–H and O–H groups in total. The van der Waals surface area contributed by atoms with Gasteiger partial charge in [-0.25, -0.2) is 8.78 Å². The molecule has 0 aromatic heterocycles. The predicted molar refractivity (Wildman–Crippen MR) is 63.8 cm³/mol. The summed E-state index contributed by atoms with van der Waals surface area (Å²) in [4.78, 5) is 1.60. The van der Waals surface area contributed by atoms with Gasteiger partial charge in [-0.1, -0.05) is 13.8 Å². The molecule has 0 atom stereocenters.